The summed E-state index contributed by atoms with van der Waals surface area (Å²) in [5.74, 6) is -2.88. The Bertz CT molecular complexity index is 4220. The second kappa shape index (κ2) is 47.5. The summed E-state index contributed by atoms with van der Waals surface area (Å²) in [6.45, 7) is 14.2. The number of hydrogen-bond acceptors (Lipinski definition) is 21. The predicted molar refractivity (Wildman–Crippen MR) is 367 cm³/mol. The number of alkyl halides is 3. The summed E-state index contributed by atoms with van der Waals surface area (Å²) in [5.41, 5.74) is 3.05. The Morgan fingerprint density at radius 2 is 0.709 bits per heavy atom. The van der Waals surface area contributed by atoms with E-state index in [0.29, 0.717) is 41.4 Å². The Kier molecular flexibility index (Phi) is 39.5. The third kappa shape index (κ3) is 32.2. The van der Waals surface area contributed by atoms with Crippen molar-refractivity contribution in [1.82, 2.24) is 0 Å². The third-order valence-corrected chi connectivity index (χ3v) is 12.3. The number of hydrogen-bond donors (Lipinski definition) is 0. The van der Waals surface area contributed by atoms with Gasteiger partial charge in [0.2, 0.25) is 0 Å². The Morgan fingerprint density at radius 3 is 1.04 bits per heavy atom. The lowest BCUT2D eigenvalue weighted by Crippen LogP contribution is -2.15. The quantitative estimate of drug-likeness (QED) is 0.0239. The number of halogens is 5. The first-order chi connectivity index (χ1) is 49.3. The number of nitriles is 6. The van der Waals surface area contributed by atoms with Gasteiger partial charge in [-0.05, 0) is 167 Å². The van der Waals surface area contributed by atoms with E-state index in [4.69, 9.17) is 60.0 Å². The average molecular weight is 1410 g/mol. The zero-order chi connectivity index (χ0) is 76.7. The van der Waals surface area contributed by atoms with Crippen LogP contribution in [0.4, 0.5) is 22.0 Å². The number of carbonyl (C=O) groups is 6. The van der Waals surface area contributed by atoms with Gasteiger partial charge >= 0.3 is 42.0 Å². The molecule has 6 aromatic rings. The van der Waals surface area contributed by atoms with Crippen LogP contribution in [0.5, 0.6) is 17.2 Å². The van der Waals surface area contributed by atoms with Crippen LogP contribution < -0.4 is 14.2 Å². The van der Waals surface area contributed by atoms with Crippen LogP contribution in [0, 0.1) is 86.5 Å². The summed E-state index contributed by atoms with van der Waals surface area (Å²) in [5, 5.41) is 52.9. The number of rotatable bonds is 19. The van der Waals surface area contributed by atoms with E-state index in [1.807, 2.05) is 49.4 Å². The summed E-state index contributed by atoms with van der Waals surface area (Å²) in [7, 11) is 1.57. The molecule has 1 heterocycles. The monoisotopic (exact) mass is 1410 g/mol. The van der Waals surface area contributed by atoms with E-state index >= 15 is 0 Å². The molecule has 0 fully saturated rings. The van der Waals surface area contributed by atoms with Crippen molar-refractivity contribution >= 4 is 72.3 Å². The van der Waals surface area contributed by atoms with Crippen molar-refractivity contribution in [2.45, 2.75) is 54.6 Å². The SMILES string of the molecule is CCOC(=O)/C(C#N)=C/c1ccc(C(F)(F)F)cc1.CCOC(=O)/C(C#N)=C/c1ccc(C)cc1.CCOC(=O)/C(C#N)=C\c1ccc(F)cc1.CCOC(=O)/C(C#N)=C\c1ccc(OC)cc1.CCOC(=O)/C(C#N)=C\c1ccc2c(c1)OCCO2.CCOC(=O)/C(C#N)=C\c1ccccc1F. The molecule has 0 atom stereocenters. The molecule has 0 radical (unpaired) electrons. The van der Waals surface area contributed by atoms with Crippen LogP contribution in [0.1, 0.15) is 86.1 Å². The van der Waals surface area contributed by atoms with E-state index in [1.165, 1.54) is 91.1 Å². The molecule has 0 unspecified atom stereocenters. The van der Waals surface area contributed by atoms with Crippen LogP contribution in [0.2, 0.25) is 0 Å². The van der Waals surface area contributed by atoms with Gasteiger partial charge in [0, 0.05) is 5.56 Å². The second-order valence-electron chi connectivity index (χ2n) is 19.6. The van der Waals surface area contributed by atoms with Crippen LogP contribution in [0.15, 0.2) is 173 Å². The third-order valence-electron chi connectivity index (χ3n) is 12.3. The number of benzene rings is 6. The van der Waals surface area contributed by atoms with Gasteiger partial charge in [-0.1, -0.05) is 90.5 Å². The first kappa shape index (κ1) is 85.7. The Hall–Kier alpha value is -13.4. The summed E-state index contributed by atoms with van der Waals surface area (Å²) in [4.78, 5) is 68.0. The molecular weight excluding hydrogens is 1340 g/mol. The van der Waals surface area contributed by atoms with Crippen molar-refractivity contribution in [2.24, 2.45) is 0 Å². The van der Waals surface area contributed by atoms with Crippen molar-refractivity contribution in [2.75, 3.05) is 60.0 Å². The molecule has 0 saturated carbocycles. The average Bonchev–Trinajstić information content (AvgIpc) is 0.851. The molecule has 103 heavy (non-hydrogen) atoms. The standard InChI is InChI=1S/C14H13NO4.C13H10F3NO2.C13H13NO3.C13H13NO2.2C12H10FNO2/c1-2-17-14(16)11(9-15)7-10-3-4-12-13(8-10)19-6-5-18-12;1-2-19-12(18)10(8-17)7-9-3-5-11(6-4-9)13(14,15)16;1-3-17-13(15)11(9-14)8-10-4-6-12(16-2)7-5-10;1-3-16-13(15)12(9-14)8-11-6-4-10(2)5-7-11;1-2-16-12(15)10(8-14)7-9-3-5-11(13)6-4-9;1-2-16-12(15)10(8-14)7-9-5-3-4-6-11(9)13/h3-4,7-8H,2,5-6H2,1H3;3-7H,2H2,1H3;4-8H,3H2,1-2H3;4-8H,3H2,1-2H3;2*3-7H,2H2,1H3/b11-7-;10-7+;11-8-;12-8+;2*10-7-. The van der Waals surface area contributed by atoms with Gasteiger partial charge in [0.15, 0.2) is 11.5 Å². The van der Waals surface area contributed by atoms with Crippen LogP contribution in [0.3, 0.4) is 0 Å². The molecule has 6 aromatic carbocycles. The van der Waals surface area contributed by atoms with Gasteiger partial charge in [-0.2, -0.15) is 44.7 Å². The maximum absolute atomic E-state index is 13.2. The molecule has 26 heteroatoms. The first-order valence-corrected chi connectivity index (χ1v) is 30.9. The highest BCUT2D eigenvalue weighted by atomic mass is 19.4. The number of aryl methyl sites for hydroxylation is 1. The zero-order valence-electron chi connectivity index (χ0n) is 57.1. The van der Waals surface area contributed by atoms with Crippen molar-refractivity contribution < 1.29 is 93.4 Å². The molecule has 0 saturated heterocycles. The van der Waals surface area contributed by atoms with E-state index in [0.717, 1.165) is 34.6 Å². The lowest BCUT2D eigenvalue weighted by molar-refractivity contribution is -0.138. The van der Waals surface area contributed by atoms with Crippen molar-refractivity contribution in [3.63, 3.8) is 0 Å². The number of fused-ring (bicyclic) bond motifs is 1. The summed E-state index contributed by atoms with van der Waals surface area (Å²) >= 11 is 0. The fourth-order valence-electron chi connectivity index (χ4n) is 7.49. The maximum atomic E-state index is 13.2. The lowest BCUT2D eigenvalue weighted by atomic mass is 10.1. The highest BCUT2D eigenvalue weighted by molar-refractivity contribution is 6.01. The number of carbonyl (C=O) groups excluding carboxylic acids is 6. The van der Waals surface area contributed by atoms with E-state index in [1.54, 1.807) is 115 Å². The summed E-state index contributed by atoms with van der Waals surface area (Å²) in [6, 6.07) is 45.8. The highest BCUT2D eigenvalue weighted by Gasteiger charge is 2.30. The molecule has 532 valence electrons. The fraction of sp³-hybridized carbons (Fsp3) is 0.221. The van der Waals surface area contributed by atoms with Gasteiger partial charge < -0.3 is 42.6 Å². The van der Waals surface area contributed by atoms with Crippen molar-refractivity contribution in [1.29, 1.82) is 31.6 Å². The highest BCUT2D eigenvalue weighted by Crippen LogP contribution is 2.32. The van der Waals surface area contributed by atoms with E-state index in [-0.39, 0.29) is 84.5 Å². The smallest absolute Gasteiger partial charge is 0.416 e. The molecule has 0 bridgehead atoms. The Labute approximate surface area is 592 Å². The predicted octanol–water partition coefficient (Wildman–Crippen LogP) is 14.3. The normalized spacial score (nSPS) is 11.4. The van der Waals surface area contributed by atoms with E-state index in [2.05, 4.69) is 14.2 Å². The minimum atomic E-state index is -4.42. The molecule has 7 rings (SSSR count). The largest absolute Gasteiger partial charge is 0.497 e. The van der Waals surface area contributed by atoms with Gasteiger partial charge in [-0.15, -0.1) is 0 Å². The molecule has 1 aliphatic heterocycles. The fourth-order valence-corrected chi connectivity index (χ4v) is 7.49. The van der Waals surface area contributed by atoms with Crippen LogP contribution in [-0.4, -0.2) is 95.8 Å². The molecule has 1 aliphatic rings. The van der Waals surface area contributed by atoms with Crippen molar-refractivity contribution in [3.05, 3.63) is 229 Å². The number of methoxy groups -OCH3 is 1. The number of esters is 6. The molecular formula is C77H69F5N6O15. The van der Waals surface area contributed by atoms with Gasteiger partial charge in [0.1, 0.15) is 100 Å². The molecule has 0 amide bonds. The van der Waals surface area contributed by atoms with Crippen LogP contribution in [-0.2, 0) is 63.4 Å². The van der Waals surface area contributed by atoms with E-state index in [9.17, 15) is 50.7 Å². The van der Waals surface area contributed by atoms with Crippen molar-refractivity contribution in [3.8, 4) is 53.7 Å². The van der Waals surface area contributed by atoms with E-state index < -0.39 is 53.4 Å². The lowest BCUT2D eigenvalue weighted by Gasteiger charge is -2.18. The molecule has 0 spiro atoms. The minimum absolute atomic E-state index is 0.0167. The van der Waals surface area contributed by atoms with Gasteiger partial charge in [-0.25, -0.2) is 37.5 Å². The zero-order valence-corrected chi connectivity index (χ0v) is 57.1. The summed E-state index contributed by atoms with van der Waals surface area (Å²) < 4.78 is 107. The molecule has 0 aliphatic carbocycles. The number of ether oxygens (including phenoxy) is 9. The molecule has 0 aromatic heterocycles. The van der Waals surface area contributed by atoms with Gasteiger partial charge in [-0.3, -0.25) is 0 Å². The maximum Gasteiger partial charge on any atom is 0.416 e. The number of nitrogens with zero attached hydrogens (tertiary/aromatic N) is 6. The second-order valence-corrected chi connectivity index (χ2v) is 19.6. The van der Waals surface area contributed by atoms with Crippen LogP contribution >= 0.6 is 0 Å². The van der Waals surface area contributed by atoms with Crippen LogP contribution in [0.25, 0.3) is 36.5 Å². The Morgan fingerprint density at radius 1 is 0.408 bits per heavy atom. The summed E-state index contributed by atoms with van der Waals surface area (Å²) in [6.07, 6.45) is 3.77. The molecule has 21 nitrogen and oxygen atoms in total. The molecule has 0 N–H and O–H groups in total. The topological polar surface area (TPSA) is 328 Å². The Balaban J connectivity index is 0.000000421. The first-order valence-electron chi connectivity index (χ1n) is 30.9. The van der Waals surface area contributed by atoms with Gasteiger partial charge in [0.25, 0.3) is 0 Å². The minimum Gasteiger partial charge on any atom is -0.497 e. The van der Waals surface area contributed by atoms with Gasteiger partial charge in [0.05, 0.1) is 52.3 Å².